The molecule has 1 heterocycles. The van der Waals surface area contributed by atoms with Gasteiger partial charge in [0.25, 0.3) is 5.91 Å². The van der Waals surface area contributed by atoms with Crippen molar-refractivity contribution in [1.29, 1.82) is 0 Å². The van der Waals surface area contributed by atoms with Gasteiger partial charge in [-0.15, -0.1) is 0 Å². The van der Waals surface area contributed by atoms with Gasteiger partial charge >= 0.3 is 0 Å². The number of carbonyl (C=O) groups excluding carboxylic acids is 2. The second-order valence-electron chi connectivity index (χ2n) is 9.64. The number of amides is 1. The first-order valence-electron chi connectivity index (χ1n) is 11.3. The molecule has 1 aliphatic heterocycles. The zero-order valence-electron chi connectivity index (χ0n) is 19.2. The maximum Gasteiger partial charge on any atom is 0.258 e. The van der Waals surface area contributed by atoms with Crippen molar-refractivity contribution in [1.82, 2.24) is 0 Å². The summed E-state index contributed by atoms with van der Waals surface area (Å²) in [6, 6.07) is 17.1. The molecule has 1 aliphatic carbocycles. The summed E-state index contributed by atoms with van der Waals surface area (Å²) in [7, 11) is 0. The van der Waals surface area contributed by atoms with E-state index in [1.807, 2.05) is 38.1 Å². The van der Waals surface area contributed by atoms with Gasteiger partial charge in [-0.2, -0.15) is 0 Å². The summed E-state index contributed by atoms with van der Waals surface area (Å²) in [4.78, 5) is 29.4. The third-order valence-electron chi connectivity index (χ3n) is 6.49. The van der Waals surface area contributed by atoms with E-state index in [9.17, 15) is 14.0 Å². The highest BCUT2D eigenvalue weighted by Crippen LogP contribution is 2.50. The highest BCUT2D eigenvalue weighted by molar-refractivity contribution is 6.35. The van der Waals surface area contributed by atoms with Crippen molar-refractivity contribution in [3.8, 4) is 0 Å². The van der Waals surface area contributed by atoms with Gasteiger partial charge in [0, 0.05) is 27.7 Å². The Morgan fingerprint density at radius 3 is 2.49 bits per heavy atom. The number of Topliss-reactive ketones (excluding diaryl/α,β-unsaturated/α-hetero) is 1. The van der Waals surface area contributed by atoms with E-state index in [4.69, 9.17) is 23.2 Å². The van der Waals surface area contributed by atoms with Crippen LogP contribution in [0.15, 0.2) is 78.5 Å². The molecule has 1 amide bonds. The number of nitrogens with zero attached hydrogens (tertiary/aromatic N) is 1. The third-order valence-corrected chi connectivity index (χ3v) is 7.05. The van der Waals surface area contributed by atoms with Crippen LogP contribution in [0, 0.1) is 17.2 Å². The van der Waals surface area contributed by atoms with Crippen molar-refractivity contribution < 1.29 is 14.0 Å². The number of fused-ring (bicyclic) bond motifs is 2. The molecule has 0 fully saturated rings. The van der Waals surface area contributed by atoms with Crippen molar-refractivity contribution in [2.45, 2.75) is 26.3 Å². The largest absolute Gasteiger partial charge is 0.357 e. The van der Waals surface area contributed by atoms with Crippen molar-refractivity contribution in [3.05, 3.63) is 105 Å². The molecule has 2 aliphatic rings. The van der Waals surface area contributed by atoms with Crippen molar-refractivity contribution in [3.63, 3.8) is 0 Å². The van der Waals surface area contributed by atoms with E-state index in [-0.39, 0.29) is 17.1 Å². The number of halogens is 3. The minimum absolute atomic E-state index is 0.000675. The van der Waals surface area contributed by atoms with Crippen molar-refractivity contribution >= 4 is 46.3 Å². The molecule has 0 unspecified atom stereocenters. The molecule has 0 bridgehead atoms. The van der Waals surface area contributed by atoms with Crippen molar-refractivity contribution in [2.75, 3.05) is 10.2 Å². The van der Waals surface area contributed by atoms with Gasteiger partial charge in [-0.25, -0.2) is 4.39 Å². The van der Waals surface area contributed by atoms with Crippen molar-refractivity contribution in [2.24, 2.45) is 11.3 Å². The first kappa shape index (κ1) is 23.6. The topological polar surface area (TPSA) is 49.4 Å². The smallest absolute Gasteiger partial charge is 0.258 e. The van der Waals surface area contributed by atoms with Crippen LogP contribution >= 0.6 is 23.2 Å². The first-order chi connectivity index (χ1) is 16.6. The molecule has 0 radical (unpaired) electrons. The molecule has 2 atom stereocenters. The Labute approximate surface area is 213 Å². The quantitative estimate of drug-likeness (QED) is 0.391. The summed E-state index contributed by atoms with van der Waals surface area (Å²) in [6.07, 6.45) is 2.39. The first-order valence-corrected chi connectivity index (χ1v) is 12.1. The number of allylic oxidation sites excluding steroid dienone is 1. The minimum atomic E-state index is -0.747. The van der Waals surface area contributed by atoms with Crippen LogP contribution in [0.5, 0.6) is 0 Å². The highest BCUT2D eigenvalue weighted by atomic mass is 35.5. The molecule has 0 saturated carbocycles. The maximum atomic E-state index is 14.1. The summed E-state index contributed by atoms with van der Waals surface area (Å²) in [6.45, 7) is 4.02. The SMILES string of the molecule is CC1(C)C=C2Nc3ccccc3N(C(=O)c3ccc(F)cc3)[C@H](c3ccc(Cl)cc3Cl)[C@H]2C(=O)C1. The monoisotopic (exact) mass is 508 g/mol. The number of carbonyl (C=O) groups is 2. The Hall–Kier alpha value is -3.15. The molecule has 5 rings (SSSR count). The molecular weight excluding hydrogens is 486 g/mol. The van der Waals surface area contributed by atoms with Gasteiger partial charge in [-0.3, -0.25) is 14.5 Å². The minimum Gasteiger partial charge on any atom is -0.357 e. The zero-order chi connectivity index (χ0) is 24.9. The molecule has 1 N–H and O–H groups in total. The van der Waals surface area contributed by atoms with Gasteiger partial charge < -0.3 is 5.32 Å². The van der Waals surface area contributed by atoms with Gasteiger partial charge in [0.1, 0.15) is 11.6 Å². The normalized spacial score (nSPS) is 20.8. The lowest BCUT2D eigenvalue weighted by atomic mass is 9.72. The van der Waals surface area contributed by atoms with Crippen LogP contribution in [0.3, 0.4) is 0 Å². The molecule has 7 heteroatoms. The molecule has 0 spiro atoms. The van der Waals surface area contributed by atoms with Crippen LogP contribution < -0.4 is 10.2 Å². The predicted molar refractivity (Wildman–Crippen MR) is 137 cm³/mol. The summed E-state index contributed by atoms with van der Waals surface area (Å²) in [5, 5.41) is 4.25. The van der Waals surface area contributed by atoms with E-state index < -0.39 is 17.8 Å². The van der Waals surface area contributed by atoms with Crippen LogP contribution in [0.2, 0.25) is 10.0 Å². The van der Waals surface area contributed by atoms with E-state index >= 15 is 0 Å². The molecular formula is C28H23Cl2FN2O2. The number of hydrogen-bond donors (Lipinski definition) is 1. The third kappa shape index (κ3) is 4.35. The lowest BCUT2D eigenvalue weighted by Crippen LogP contribution is -2.43. The number of nitrogens with one attached hydrogen (secondary N) is 1. The van der Waals surface area contributed by atoms with Gasteiger partial charge in [0.15, 0.2) is 0 Å². The number of anilines is 2. The molecule has 0 saturated heterocycles. The van der Waals surface area contributed by atoms with Gasteiger partial charge in [0.2, 0.25) is 0 Å². The Kier molecular flexibility index (Phi) is 5.94. The molecule has 178 valence electrons. The molecule has 4 nitrogen and oxygen atoms in total. The predicted octanol–water partition coefficient (Wildman–Crippen LogP) is 7.45. The van der Waals surface area contributed by atoms with E-state index in [2.05, 4.69) is 11.4 Å². The summed E-state index contributed by atoms with van der Waals surface area (Å²) in [5.41, 5.74) is 2.57. The second kappa shape index (κ2) is 8.81. The van der Waals surface area contributed by atoms with Gasteiger partial charge in [-0.05, 0) is 59.5 Å². The van der Waals surface area contributed by atoms with E-state index in [1.165, 1.54) is 24.3 Å². The average molecular weight is 509 g/mol. The number of benzene rings is 3. The van der Waals surface area contributed by atoms with Crippen LogP contribution in [-0.2, 0) is 4.79 Å². The molecule has 3 aromatic carbocycles. The fourth-order valence-corrected chi connectivity index (χ4v) is 5.55. The van der Waals surface area contributed by atoms with E-state index in [0.29, 0.717) is 39.0 Å². The lowest BCUT2D eigenvalue weighted by molar-refractivity contribution is -0.124. The Morgan fingerprint density at radius 1 is 1.06 bits per heavy atom. The second-order valence-corrected chi connectivity index (χ2v) is 10.5. The van der Waals surface area contributed by atoms with Crippen LogP contribution in [0.4, 0.5) is 15.8 Å². The fourth-order valence-electron chi connectivity index (χ4n) is 5.03. The van der Waals surface area contributed by atoms with Crippen LogP contribution in [-0.4, -0.2) is 11.7 Å². The van der Waals surface area contributed by atoms with Crippen LogP contribution in [0.1, 0.15) is 42.2 Å². The van der Waals surface area contributed by atoms with Gasteiger partial charge in [0.05, 0.1) is 23.3 Å². The lowest BCUT2D eigenvalue weighted by Gasteiger charge is -2.39. The summed E-state index contributed by atoms with van der Waals surface area (Å²) < 4.78 is 13.7. The van der Waals surface area contributed by atoms with E-state index in [1.54, 1.807) is 23.1 Å². The Bertz CT molecular complexity index is 1370. The summed E-state index contributed by atoms with van der Waals surface area (Å²) in [5.74, 6) is -1.49. The Balaban J connectivity index is 1.80. The fraction of sp³-hybridized carbons (Fsp3) is 0.214. The average Bonchev–Trinajstić information content (AvgIpc) is 2.92. The van der Waals surface area contributed by atoms with E-state index in [0.717, 1.165) is 5.70 Å². The Morgan fingerprint density at radius 2 is 1.77 bits per heavy atom. The number of para-hydroxylation sites is 2. The maximum absolute atomic E-state index is 14.1. The number of ketones is 1. The zero-order valence-corrected chi connectivity index (χ0v) is 20.7. The number of hydrogen-bond acceptors (Lipinski definition) is 3. The highest BCUT2D eigenvalue weighted by Gasteiger charge is 2.47. The van der Waals surface area contributed by atoms with Crippen LogP contribution in [0.25, 0.3) is 0 Å². The molecule has 35 heavy (non-hydrogen) atoms. The summed E-state index contributed by atoms with van der Waals surface area (Å²) >= 11 is 12.9. The van der Waals surface area contributed by atoms with Gasteiger partial charge in [-0.1, -0.05) is 61.3 Å². The molecule has 0 aromatic heterocycles. The standard InChI is InChI=1S/C28H23Cl2FN2O2/c1-28(2)14-22-25(24(34)15-28)26(19-12-9-17(29)13-20(19)30)33(23-6-4-3-5-21(23)32-22)27(35)16-7-10-18(31)11-8-16/h3-14,25-26,32H,15H2,1-2H3/t25-,26-/m1/s1. The molecule has 3 aromatic rings. The number of rotatable bonds is 2.